The topological polar surface area (TPSA) is 59.7 Å². The number of nitrogens with zero attached hydrogens (tertiary/aromatic N) is 4. The van der Waals surface area contributed by atoms with Crippen LogP contribution >= 0.6 is 0 Å². The highest BCUT2D eigenvalue weighted by atomic mass is 16.5. The van der Waals surface area contributed by atoms with Crippen molar-refractivity contribution in [2.75, 3.05) is 37.7 Å². The minimum absolute atomic E-state index is 0.0303. The number of anilines is 1. The van der Waals surface area contributed by atoms with Crippen LogP contribution < -0.4 is 10.6 Å². The smallest absolute Gasteiger partial charge is 0.332 e. The zero-order valence-corrected chi connectivity index (χ0v) is 19.6. The Labute approximate surface area is 194 Å². The Kier molecular flexibility index (Phi) is 6.99. The van der Waals surface area contributed by atoms with E-state index in [1.807, 2.05) is 75.6 Å². The Morgan fingerprint density at radius 3 is 2.12 bits per heavy atom. The van der Waals surface area contributed by atoms with Gasteiger partial charge in [-0.05, 0) is 50.6 Å². The molecule has 7 nitrogen and oxygen atoms in total. The lowest BCUT2D eigenvalue weighted by Gasteiger charge is -2.39. The molecule has 0 spiro atoms. The predicted molar refractivity (Wildman–Crippen MR) is 130 cm³/mol. The van der Waals surface area contributed by atoms with Crippen molar-refractivity contribution in [1.29, 1.82) is 0 Å². The average Bonchev–Trinajstić information content (AvgIpc) is 3.22. The molecule has 4 rings (SSSR count). The van der Waals surface area contributed by atoms with Crippen LogP contribution in [0.1, 0.15) is 38.4 Å². The second-order valence-electron chi connectivity index (χ2n) is 8.56. The van der Waals surface area contributed by atoms with Crippen LogP contribution in [0, 0.1) is 0 Å². The van der Waals surface area contributed by atoms with Gasteiger partial charge in [-0.3, -0.25) is 14.0 Å². The molecule has 174 valence electrons. The van der Waals surface area contributed by atoms with E-state index in [2.05, 4.69) is 21.9 Å². The largest absolute Gasteiger partial charge is 0.465 e. The lowest BCUT2D eigenvalue weighted by Crippen LogP contribution is -2.49. The molecule has 1 saturated heterocycles. The molecule has 1 unspecified atom stereocenters. The lowest BCUT2D eigenvalue weighted by atomic mass is 10.0. The molecule has 0 amide bonds. The van der Waals surface area contributed by atoms with Gasteiger partial charge in [0.25, 0.3) is 0 Å². The minimum atomic E-state index is -0.382. The third kappa shape index (κ3) is 4.88. The van der Waals surface area contributed by atoms with E-state index in [1.165, 1.54) is 0 Å². The first-order chi connectivity index (χ1) is 16.0. The van der Waals surface area contributed by atoms with Gasteiger partial charge in [0.15, 0.2) is 0 Å². The molecular weight excluding hydrogens is 416 g/mol. The van der Waals surface area contributed by atoms with Gasteiger partial charge >= 0.3 is 11.7 Å². The van der Waals surface area contributed by atoms with Gasteiger partial charge in [0.05, 0.1) is 12.3 Å². The van der Waals surface area contributed by atoms with Crippen LogP contribution in [0.2, 0.25) is 0 Å². The van der Waals surface area contributed by atoms with E-state index in [1.54, 1.807) is 9.13 Å². The molecule has 1 aliphatic rings. The lowest BCUT2D eigenvalue weighted by molar-refractivity contribution is -0.150. The first-order valence-electron chi connectivity index (χ1n) is 11.6. The summed E-state index contributed by atoms with van der Waals surface area (Å²) in [5.41, 5.74) is 2.90. The first-order valence-corrected chi connectivity index (χ1v) is 11.6. The van der Waals surface area contributed by atoms with E-state index in [0.29, 0.717) is 6.61 Å². The molecule has 2 heterocycles. The molecule has 33 heavy (non-hydrogen) atoms. The summed E-state index contributed by atoms with van der Waals surface area (Å²) in [7, 11) is 0. The van der Waals surface area contributed by atoms with E-state index < -0.39 is 0 Å². The highest BCUT2D eigenvalue weighted by molar-refractivity contribution is 5.77. The molecule has 1 fully saturated rings. The molecule has 7 heteroatoms. The standard InChI is InChI=1S/C26H32N4O3/c1-4-33-25(31)24(21-8-6-5-7-9-21)28-16-14-27(15-17-28)22-10-12-23(13-11-22)30-19-18-29(20(2)3)26(30)32/h5-13,18-20,24H,4,14-17H2,1-3H3. The molecule has 0 radical (unpaired) electrons. The minimum Gasteiger partial charge on any atom is -0.465 e. The number of ether oxygens (including phenoxy) is 1. The van der Waals surface area contributed by atoms with E-state index >= 15 is 0 Å². The Morgan fingerprint density at radius 2 is 1.55 bits per heavy atom. The van der Waals surface area contributed by atoms with Crippen LogP contribution in [-0.4, -0.2) is 52.8 Å². The van der Waals surface area contributed by atoms with Gasteiger partial charge in [-0.25, -0.2) is 9.59 Å². The van der Waals surface area contributed by atoms with Crippen molar-refractivity contribution < 1.29 is 9.53 Å². The second kappa shape index (κ2) is 10.1. The highest BCUT2D eigenvalue weighted by Crippen LogP contribution is 2.26. The number of imidazole rings is 1. The van der Waals surface area contributed by atoms with Gasteiger partial charge in [-0.2, -0.15) is 0 Å². The van der Waals surface area contributed by atoms with Crippen LogP contribution in [0.4, 0.5) is 5.69 Å². The van der Waals surface area contributed by atoms with Crippen LogP contribution in [0.5, 0.6) is 0 Å². The first kappa shape index (κ1) is 22.9. The normalized spacial score (nSPS) is 15.6. The second-order valence-corrected chi connectivity index (χ2v) is 8.56. The molecule has 0 N–H and O–H groups in total. The predicted octanol–water partition coefficient (Wildman–Crippen LogP) is 3.65. The third-order valence-corrected chi connectivity index (χ3v) is 6.16. The van der Waals surface area contributed by atoms with Crippen LogP contribution in [0.3, 0.4) is 0 Å². The van der Waals surface area contributed by atoms with E-state index in [0.717, 1.165) is 43.1 Å². The molecule has 0 bridgehead atoms. The molecular formula is C26H32N4O3. The van der Waals surface area contributed by atoms with Crippen LogP contribution in [-0.2, 0) is 9.53 Å². The van der Waals surface area contributed by atoms with Crippen molar-refractivity contribution in [3.63, 3.8) is 0 Å². The SMILES string of the molecule is CCOC(=O)C(c1ccccc1)N1CCN(c2ccc(-n3ccn(C(C)C)c3=O)cc2)CC1. The van der Waals surface area contributed by atoms with Crippen molar-refractivity contribution in [3.8, 4) is 5.69 Å². The van der Waals surface area contributed by atoms with Gasteiger partial charge in [0, 0.05) is 50.3 Å². The van der Waals surface area contributed by atoms with Crippen molar-refractivity contribution in [2.45, 2.75) is 32.9 Å². The van der Waals surface area contributed by atoms with E-state index in [4.69, 9.17) is 4.74 Å². The zero-order valence-electron chi connectivity index (χ0n) is 19.6. The Hall–Kier alpha value is -3.32. The number of carbonyl (C=O) groups excluding carboxylic acids is 1. The molecule has 0 saturated carbocycles. The summed E-state index contributed by atoms with van der Waals surface area (Å²) in [6.45, 7) is 9.36. The van der Waals surface area contributed by atoms with Crippen LogP contribution in [0.25, 0.3) is 5.69 Å². The summed E-state index contributed by atoms with van der Waals surface area (Å²) >= 11 is 0. The number of piperazine rings is 1. The van der Waals surface area contributed by atoms with Gasteiger partial charge < -0.3 is 9.64 Å². The molecule has 1 aromatic heterocycles. The Morgan fingerprint density at radius 1 is 0.909 bits per heavy atom. The van der Waals surface area contributed by atoms with Gasteiger partial charge in [-0.15, -0.1) is 0 Å². The number of carbonyl (C=O) groups is 1. The maximum absolute atomic E-state index is 12.7. The number of esters is 1. The third-order valence-electron chi connectivity index (χ3n) is 6.16. The summed E-state index contributed by atoms with van der Waals surface area (Å²) in [6.07, 6.45) is 3.64. The molecule has 3 aromatic rings. The number of hydrogen-bond donors (Lipinski definition) is 0. The van der Waals surface area contributed by atoms with Crippen molar-refractivity contribution in [1.82, 2.24) is 14.0 Å². The number of rotatable bonds is 7. The Bertz CT molecular complexity index is 1110. The summed E-state index contributed by atoms with van der Waals surface area (Å²) in [5, 5.41) is 0. The molecule has 0 aliphatic carbocycles. The maximum atomic E-state index is 12.7. The summed E-state index contributed by atoms with van der Waals surface area (Å²) in [5.74, 6) is -0.194. The fourth-order valence-corrected chi connectivity index (χ4v) is 4.39. The van der Waals surface area contributed by atoms with Gasteiger partial charge in [0.1, 0.15) is 6.04 Å². The quantitative estimate of drug-likeness (QED) is 0.517. The van der Waals surface area contributed by atoms with Crippen molar-refractivity contribution in [2.24, 2.45) is 0 Å². The maximum Gasteiger partial charge on any atom is 0.332 e. The molecule has 1 aliphatic heterocycles. The zero-order chi connectivity index (χ0) is 23.4. The highest BCUT2D eigenvalue weighted by Gasteiger charge is 2.31. The Balaban J connectivity index is 1.45. The summed E-state index contributed by atoms with van der Waals surface area (Å²) < 4.78 is 8.77. The monoisotopic (exact) mass is 448 g/mol. The summed E-state index contributed by atoms with van der Waals surface area (Å²) in [6, 6.07) is 17.7. The summed E-state index contributed by atoms with van der Waals surface area (Å²) in [4.78, 5) is 29.8. The van der Waals surface area contributed by atoms with Crippen molar-refractivity contribution >= 4 is 11.7 Å². The fourth-order valence-electron chi connectivity index (χ4n) is 4.39. The molecule has 2 aromatic carbocycles. The number of benzene rings is 2. The van der Waals surface area contributed by atoms with E-state index in [-0.39, 0.29) is 23.7 Å². The average molecular weight is 449 g/mol. The van der Waals surface area contributed by atoms with Gasteiger partial charge in [-0.1, -0.05) is 30.3 Å². The van der Waals surface area contributed by atoms with Gasteiger partial charge in [0.2, 0.25) is 0 Å². The molecule has 1 atom stereocenters. The fraction of sp³-hybridized carbons (Fsp3) is 0.385. The van der Waals surface area contributed by atoms with Crippen LogP contribution in [0.15, 0.2) is 71.8 Å². The van der Waals surface area contributed by atoms with Crippen molar-refractivity contribution in [3.05, 3.63) is 83.0 Å². The van der Waals surface area contributed by atoms with E-state index in [9.17, 15) is 9.59 Å². The number of aromatic nitrogens is 2. The number of hydrogen-bond acceptors (Lipinski definition) is 5.